The van der Waals surface area contributed by atoms with E-state index in [-0.39, 0.29) is 11.9 Å². The molecule has 2 aromatic rings. The van der Waals surface area contributed by atoms with E-state index in [9.17, 15) is 4.79 Å². The summed E-state index contributed by atoms with van der Waals surface area (Å²) in [6, 6.07) is 13.7. The predicted octanol–water partition coefficient (Wildman–Crippen LogP) is 3.64. The summed E-state index contributed by atoms with van der Waals surface area (Å²) in [5, 5.41) is 3.55. The maximum Gasteiger partial charge on any atom is 0.251 e. The van der Waals surface area contributed by atoms with Gasteiger partial charge in [-0.2, -0.15) is 0 Å². The van der Waals surface area contributed by atoms with Crippen LogP contribution in [0.25, 0.3) is 0 Å². The second-order valence-corrected chi connectivity index (χ2v) is 5.94. The lowest BCUT2D eigenvalue weighted by Gasteiger charge is -2.25. The maximum absolute atomic E-state index is 12.4. The molecule has 22 heavy (non-hydrogen) atoms. The molecule has 1 atom stereocenters. The summed E-state index contributed by atoms with van der Waals surface area (Å²) in [5.74, 6) is 0.485. The molecular formula is C18H18ClNO2. The van der Waals surface area contributed by atoms with Crippen LogP contribution in [0.2, 0.25) is 5.02 Å². The summed E-state index contributed by atoms with van der Waals surface area (Å²) in [5.41, 5.74) is 3.27. The topological polar surface area (TPSA) is 38.3 Å². The second-order valence-electron chi connectivity index (χ2n) is 5.53. The van der Waals surface area contributed by atoms with Gasteiger partial charge in [0.05, 0.1) is 12.1 Å². The van der Waals surface area contributed by atoms with Crippen molar-refractivity contribution in [1.29, 1.82) is 0 Å². The van der Waals surface area contributed by atoms with E-state index in [1.807, 2.05) is 6.07 Å². The van der Waals surface area contributed by atoms with Crippen LogP contribution in [0.4, 0.5) is 0 Å². The molecule has 3 rings (SSSR count). The summed E-state index contributed by atoms with van der Waals surface area (Å²) in [6.45, 7) is 0. The molecule has 0 aromatic heterocycles. The number of rotatable bonds is 3. The Morgan fingerprint density at radius 3 is 2.73 bits per heavy atom. The Morgan fingerprint density at radius 1 is 1.23 bits per heavy atom. The fourth-order valence-corrected chi connectivity index (χ4v) is 3.16. The molecule has 0 heterocycles. The molecule has 1 aliphatic rings. The number of amides is 1. The van der Waals surface area contributed by atoms with E-state index in [1.165, 1.54) is 11.1 Å². The van der Waals surface area contributed by atoms with Crippen molar-refractivity contribution < 1.29 is 9.53 Å². The first-order valence-corrected chi connectivity index (χ1v) is 7.76. The zero-order chi connectivity index (χ0) is 15.5. The number of ether oxygens (including phenoxy) is 1. The molecule has 0 saturated carbocycles. The van der Waals surface area contributed by atoms with Gasteiger partial charge >= 0.3 is 0 Å². The minimum absolute atomic E-state index is 0.0889. The lowest BCUT2D eigenvalue weighted by atomic mass is 9.88. The third-order valence-corrected chi connectivity index (χ3v) is 4.39. The summed E-state index contributed by atoms with van der Waals surface area (Å²) >= 11 is 6.08. The monoisotopic (exact) mass is 315 g/mol. The van der Waals surface area contributed by atoms with Crippen LogP contribution in [0, 0.1) is 0 Å². The molecule has 0 fully saturated rings. The predicted molar refractivity (Wildman–Crippen MR) is 87.7 cm³/mol. The minimum Gasteiger partial charge on any atom is -0.495 e. The quantitative estimate of drug-likeness (QED) is 0.939. The van der Waals surface area contributed by atoms with Crippen LogP contribution in [-0.2, 0) is 12.8 Å². The SMILES string of the molecule is COc1ccc(C(=O)NC2CCc3ccccc3C2)cc1Cl. The molecule has 1 unspecified atom stereocenters. The van der Waals surface area contributed by atoms with E-state index in [1.54, 1.807) is 25.3 Å². The number of nitrogens with one attached hydrogen (secondary N) is 1. The van der Waals surface area contributed by atoms with Crippen LogP contribution in [0.5, 0.6) is 5.75 Å². The first-order chi connectivity index (χ1) is 10.7. The summed E-state index contributed by atoms with van der Waals surface area (Å²) < 4.78 is 5.11. The number of methoxy groups -OCH3 is 1. The van der Waals surface area contributed by atoms with E-state index < -0.39 is 0 Å². The third kappa shape index (κ3) is 3.09. The van der Waals surface area contributed by atoms with Gasteiger partial charge in [-0.05, 0) is 48.6 Å². The summed E-state index contributed by atoms with van der Waals surface area (Å²) in [4.78, 5) is 12.4. The minimum atomic E-state index is -0.0889. The van der Waals surface area contributed by atoms with Gasteiger partial charge in [0, 0.05) is 11.6 Å². The third-order valence-electron chi connectivity index (χ3n) is 4.10. The first-order valence-electron chi connectivity index (χ1n) is 7.38. The molecule has 4 heteroatoms. The number of hydrogen-bond acceptors (Lipinski definition) is 2. The zero-order valence-electron chi connectivity index (χ0n) is 12.4. The van der Waals surface area contributed by atoms with Gasteiger partial charge in [0.25, 0.3) is 5.91 Å². The lowest BCUT2D eigenvalue weighted by Crippen LogP contribution is -2.38. The van der Waals surface area contributed by atoms with Gasteiger partial charge in [-0.3, -0.25) is 4.79 Å². The first kappa shape index (κ1) is 14.9. The summed E-state index contributed by atoms with van der Waals surface area (Å²) in [7, 11) is 1.56. The van der Waals surface area contributed by atoms with Crippen molar-refractivity contribution in [2.75, 3.05) is 7.11 Å². The average molecular weight is 316 g/mol. The Hall–Kier alpha value is -2.00. The van der Waals surface area contributed by atoms with Gasteiger partial charge in [-0.25, -0.2) is 0 Å². The zero-order valence-corrected chi connectivity index (χ0v) is 13.2. The fraction of sp³-hybridized carbons (Fsp3) is 0.278. The number of carbonyl (C=O) groups is 1. The van der Waals surface area contributed by atoms with E-state index in [0.717, 1.165) is 19.3 Å². The van der Waals surface area contributed by atoms with E-state index in [4.69, 9.17) is 16.3 Å². The van der Waals surface area contributed by atoms with Gasteiger partial charge in [0.2, 0.25) is 0 Å². The van der Waals surface area contributed by atoms with Gasteiger partial charge in [-0.1, -0.05) is 35.9 Å². The molecule has 1 N–H and O–H groups in total. The van der Waals surface area contributed by atoms with Crippen molar-refractivity contribution in [1.82, 2.24) is 5.32 Å². The van der Waals surface area contributed by atoms with Crippen LogP contribution >= 0.6 is 11.6 Å². The number of aryl methyl sites for hydroxylation is 1. The van der Waals surface area contributed by atoms with Crippen LogP contribution in [-0.4, -0.2) is 19.1 Å². The van der Waals surface area contributed by atoms with E-state index in [0.29, 0.717) is 16.3 Å². The normalized spacial score (nSPS) is 16.7. The Balaban J connectivity index is 1.69. The molecule has 1 amide bonds. The van der Waals surface area contributed by atoms with E-state index >= 15 is 0 Å². The smallest absolute Gasteiger partial charge is 0.251 e. The molecule has 1 aliphatic carbocycles. The van der Waals surface area contributed by atoms with Gasteiger partial charge in [0.15, 0.2) is 0 Å². The Morgan fingerprint density at radius 2 is 2.00 bits per heavy atom. The maximum atomic E-state index is 12.4. The molecule has 0 radical (unpaired) electrons. The Labute approximate surface area is 135 Å². The number of halogens is 1. The van der Waals surface area contributed by atoms with Crippen molar-refractivity contribution in [2.24, 2.45) is 0 Å². The van der Waals surface area contributed by atoms with Crippen molar-refractivity contribution in [2.45, 2.75) is 25.3 Å². The van der Waals surface area contributed by atoms with Crippen molar-refractivity contribution in [3.05, 3.63) is 64.2 Å². The van der Waals surface area contributed by atoms with Crippen LogP contribution < -0.4 is 10.1 Å². The van der Waals surface area contributed by atoms with Crippen molar-refractivity contribution >= 4 is 17.5 Å². The molecular weight excluding hydrogens is 298 g/mol. The lowest BCUT2D eigenvalue weighted by molar-refractivity contribution is 0.0933. The molecule has 0 bridgehead atoms. The fourth-order valence-electron chi connectivity index (χ4n) is 2.90. The van der Waals surface area contributed by atoms with Crippen LogP contribution in [0.3, 0.4) is 0 Å². The highest BCUT2D eigenvalue weighted by Crippen LogP contribution is 2.25. The number of benzene rings is 2. The highest BCUT2D eigenvalue weighted by atomic mass is 35.5. The average Bonchev–Trinajstić information content (AvgIpc) is 2.54. The van der Waals surface area contributed by atoms with E-state index in [2.05, 4.69) is 23.5 Å². The molecule has 2 aromatic carbocycles. The Bertz CT molecular complexity index is 699. The Kier molecular flexibility index (Phi) is 4.34. The van der Waals surface area contributed by atoms with Crippen molar-refractivity contribution in [3.8, 4) is 5.75 Å². The van der Waals surface area contributed by atoms with Crippen LogP contribution in [0.15, 0.2) is 42.5 Å². The number of fused-ring (bicyclic) bond motifs is 1. The number of carbonyl (C=O) groups excluding carboxylic acids is 1. The second kappa shape index (κ2) is 6.41. The molecule has 0 saturated heterocycles. The van der Waals surface area contributed by atoms with Gasteiger partial charge < -0.3 is 10.1 Å². The molecule has 3 nitrogen and oxygen atoms in total. The van der Waals surface area contributed by atoms with Gasteiger partial charge in [0.1, 0.15) is 5.75 Å². The molecule has 0 spiro atoms. The summed E-state index contributed by atoms with van der Waals surface area (Å²) in [6.07, 6.45) is 2.85. The highest BCUT2D eigenvalue weighted by molar-refractivity contribution is 6.32. The molecule has 114 valence electrons. The standard InChI is InChI=1S/C18H18ClNO2/c1-22-17-9-7-14(11-16(17)19)18(21)20-15-8-6-12-4-2-3-5-13(12)10-15/h2-5,7,9,11,15H,6,8,10H2,1H3,(H,20,21). The largest absolute Gasteiger partial charge is 0.495 e. The molecule has 0 aliphatic heterocycles. The highest BCUT2D eigenvalue weighted by Gasteiger charge is 2.20. The number of hydrogen-bond donors (Lipinski definition) is 1. The van der Waals surface area contributed by atoms with Gasteiger partial charge in [-0.15, -0.1) is 0 Å². The van der Waals surface area contributed by atoms with Crippen molar-refractivity contribution in [3.63, 3.8) is 0 Å². The van der Waals surface area contributed by atoms with Crippen LogP contribution in [0.1, 0.15) is 27.9 Å².